The van der Waals surface area contributed by atoms with E-state index in [9.17, 15) is 4.79 Å². The smallest absolute Gasteiger partial charge is 0.223 e. The number of rotatable bonds is 7. The minimum atomic E-state index is 0. The van der Waals surface area contributed by atoms with Gasteiger partial charge in [0.1, 0.15) is 0 Å². The minimum Gasteiger partial charge on any atom is -0.493 e. The van der Waals surface area contributed by atoms with Gasteiger partial charge in [-0.3, -0.25) is 4.79 Å². The Morgan fingerprint density at radius 2 is 1.71 bits per heavy atom. The van der Waals surface area contributed by atoms with E-state index in [2.05, 4.69) is 5.32 Å². The lowest BCUT2D eigenvalue weighted by Gasteiger charge is -2.43. The van der Waals surface area contributed by atoms with Crippen LogP contribution in [0.5, 0.6) is 17.2 Å². The summed E-state index contributed by atoms with van der Waals surface area (Å²) in [6, 6.07) is 4.06. The van der Waals surface area contributed by atoms with E-state index in [0.717, 1.165) is 31.2 Å². The first kappa shape index (κ1) is 22.6. The second kappa shape index (κ2) is 10.2. The number of nitrogens with one attached hydrogen (secondary N) is 1. The summed E-state index contributed by atoms with van der Waals surface area (Å²) < 4.78 is 16.5. The summed E-state index contributed by atoms with van der Waals surface area (Å²) in [5, 5.41) is 3.10. The summed E-state index contributed by atoms with van der Waals surface area (Å²) in [5.41, 5.74) is 7.27. The van der Waals surface area contributed by atoms with Gasteiger partial charge in [0.25, 0.3) is 0 Å². The molecule has 3 N–H and O–H groups in total. The van der Waals surface area contributed by atoms with E-state index < -0.39 is 0 Å². The Hall–Kier alpha value is -1.66. The van der Waals surface area contributed by atoms with Gasteiger partial charge in [0.2, 0.25) is 11.7 Å². The average Bonchev–Trinajstić information content (AvgIpc) is 2.66. The molecule has 2 aliphatic rings. The van der Waals surface area contributed by atoms with Crippen LogP contribution in [0.2, 0.25) is 0 Å². The molecule has 2 bridgehead atoms. The largest absolute Gasteiger partial charge is 0.493 e. The molecule has 2 saturated carbocycles. The Bertz CT molecular complexity index is 631. The van der Waals surface area contributed by atoms with Crippen LogP contribution < -0.4 is 25.3 Å². The van der Waals surface area contributed by atoms with Crippen LogP contribution in [0.4, 0.5) is 0 Å². The fourth-order valence-electron chi connectivity index (χ4n) is 4.66. The number of nitrogens with two attached hydrogens (primary N) is 1. The van der Waals surface area contributed by atoms with Gasteiger partial charge in [-0.15, -0.1) is 12.4 Å². The Labute approximate surface area is 173 Å². The average molecular weight is 413 g/mol. The van der Waals surface area contributed by atoms with Gasteiger partial charge in [-0.1, -0.05) is 6.42 Å². The lowest BCUT2D eigenvalue weighted by molar-refractivity contribution is -0.128. The monoisotopic (exact) mass is 412 g/mol. The molecular weight excluding hydrogens is 380 g/mol. The number of amides is 1. The van der Waals surface area contributed by atoms with Crippen LogP contribution in [0, 0.1) is 17.8 Å². The van der Waals surface area contributed by atoms with Gasteiger partial charge in [-0.2, -0.15) is 0 Å². The van der Waals surface area contributed by atoms with Crippen LogP contribution in [-0.4, -0.2) is 32.8 Å². The highest BCUT2D eigenvalue weighted by molar-refractivity contribution is 5.85. The van der Waals surface area contributed by atoms with Crippen molar-refractivity contribution in [2.75, 3.05) is 20.8 Å². The zero-order valence-corrected chi connectivity index (χ0v) is 17.8. The van der Waals surface area contributed by atoms with Crippen LogP contribution in [0.25, 0.3) is 0 Å². The molecule has 0 radical (unpaired) electrons. The van der Waals surface area contributed by atoms with Crippen LogP contribution >= 0.6 is 12.4 Å². The number of carbonyl (C=O) groups excluding carboxylic acids is 1. The summed E-state index contributed by atoms with van der Waals surface area (Å²) in [5.74, 6) is 3.01. The summed E-state index contributed by atoms with van der Waals surface area (Å²) in [6.07, 6.45) is 5.41. The number of hydrogen-bond donors (Lipinski definition) is 2. The molecule has 2 unspecified atom stereocenters. The fraction of sp³-hybridized carbons (Fsp3) is 0.667. The number of hydrogen-bond acceptors (Lipinski definition) is 5. The molecule has 1 aromatic carbocycles. The Balaban J connectivity index is 0.00000280. The second-order valence-electron chi connectivity index (χ2n) is 7.68. The molecule has 0 aliphatic heterocycles. The van der Waals surface area contributed by atoms with Gasteiger partial charge >= 0.3 is 0 Å². The molecule has 0 spiro atoms. The minimum absolute atomic E-state index is 0. The van der Waals surface area contributed by atoms with Crippen molar-refractivity contribution in [2.45, 2.75) is 51.6 Å². The molecule has 3 rings (SSSR count). The summed E-state index contributed by atoms with van der Waals surface area (Å²) in [7, 11) is 3.20. The molecule has 2 fully saturated rings. The number of methoxy groups -OCH3 is 2. The normalized spacial score (nSPS) is 26.0. The van der Waals surface area contributed by atoms with E-state index >= 15 is 0 Å². The molecule has 1 amide bonds. The molecule has 7 heteroatoms. The Morgan fingerprint density at radius 3 is 2.21 bits per heavy atom. The first-order valence-corrected chi connectivity index (χ1v) is 9.98. The quantitative estimate of drug-likeness (QED) is 0.718. The third-order valence-electron chi connectivity index (χ3n) is 6.06. The molecule has 2 aliphatic carbocycles. The van der Waals surface area contributed by atoms with Gasteiger partial charge in [-0.05, 0) is 62.1 Å². The number of halogens is 1. The fourth-order valence-corrected chi connectivity index (χ4v) is 4.66. The number of fused-ring (bicyclic) bond motifs is 2. The van der Waals surface area contributed by atoms with Crippen LogP contribution in [0.1, 0.15) is 44.6 Å². The maximum absolute atomic E-state index is 12.7. The van der Waals surface area contributed by atoms with E-state index in [-0.39, 0.29) is 30.3 Å². The maximum atomic E-state index is 12.7. The first-order valence-electron chi connectivity index (χ1n) is 9.98. The third kappa shape index (κ3) is 4.84. The number of carbonyl (C=O) groups is 1. The van der Waals surface area contributed by atoms with Crippen molar-refractivity contribution < 1.29 is 19.0 Å². The van der Waals surface area contributed by atoms with Crippen molar-refractivity contribution in [1.82, 2.24) is 5.32 Å². The molecule has 158 valence electrons. The Kier molecular flexibility index (Phi) is 8.25. The number of benzene rings is 1. The van der Waals surface area contributed by atoms with Crippen molar-refractivity contribution in [2.24, 2.45) is 23.5 Å². The third-order valence-corrected chi connectivity index (χ3v) is 6.06. The standard InChI is InChI=1S/C21H32N2O4.ClH/c1-4-27-20-17(25-2)8-13(9-18(20)26-3)12-23-21(24)16-10-14-6-5-7-15(11-16)19(14)22;/h8-9,14-16,19H,4-7,10-12,22H2,1-3H3,(H,23,24);1H. The molecular formula is C21H33ClN2O4. The molecule has 1 aromatic rings. The van der Waals surface area contributed by atoms with Gasteiger partial charge in [0.05, 0.1) is 20.8 Å². The van der Waals surface area contributed by atoms with E-state index in [1.807, 2.05) is 19.1 Å². The highest BCUT2D eigenvalue weighted by Crippen LogP contribution is 2.42. The van der Waals surface area contributed by atoms with E-state index in [1.54, 1.807) is 14.2 Å². The predicted molar refractivity (Wildman–Crippen MR) is 111 cm³/mol. The second-order valence-corrected chi connectivity index (χ2v) is 7.68. The van der Waals surface area contributed by atoms with E-state index in [1.165, 1.54) is 6.42 Å². The SMILES string of the molecule is CCOc1c(OC)cc(CNC(=O)C2CC3CCCC(C2)C3N)cc1OC.Cl. The molecule has 0 aromatic heterocycles. The van der Waals surface area contributed by atoms with Crippen molar-refractivity contribution in [1.29, 1.82) is 0 Å². The number of ether oxygens (including phenoxy) is 3. The van der Waals surface area contributed by atoms with Gasteiger partial charge in [0.15, 0.2) is 11.5 Å². The summed E-state index contributed by atoms with van der Waals surface area (Å²) in [6.45, 7) is 2.88. The molecule has 2 atom stereocenters. The zero-order chi connectivity index (χ0) is 19.4. The van der Waals surface area contributed by atoms with Gasteiger partial charge in [-0.25, -0.2) is 0 Å². The highest BCUT2D eigenvalue weighted by Gasteiger charge is 2.40. The first-order chi connectivity index (χ1) is 13.1. The van der Waals surface area contributed by atoms with Crippen LogP contribution in [0.3, 0.4) is 0 Å². The predicted octanol–water partition coefficient (Wildman–Crippen LogP) is 3.29. The van der Waals surface area contributed by atoms with Gasteiger partial charge < -0.3 is 25.3 Å². The highest BCUT2D eigenvalue weighted by atomic mass is 35.5. The molecule has 0 heterocycles. The van der Waals surface area contributed by atoms with Gasteiger partial charge in [0, 0.05) is 18.5 Å². The zero-order valence-electron chi connectivity index (χ0n) is 17.0. The van der Waals surface area contributed by atoms with Crippen LogP contribution in [0.15, 0.2) is 12.1 Å². The van der Waals surface area contributed by atoms with Crippen molar-refractivity contribution in [3.05, 3.63) is 17.7 Å². The van der Waals surface area contributed by atoms with E-state index in [0.29, 0.717) is 42.2 Å². The van der Waals surface area contributed by atoms with E-state index in [4.69, 9.17) is 19.9 Å². The van der Waals surface area contributed by atoms with Crippen molar-refractivity contribution in [3.8, 4) is 17.2 Å². The molecule has 0 saturated heterocycles. The lowest BCUT2D eigenvalue weighted by atomic mass is 9.65. The lowest BCUT2D eigenvalue weighted by Crippen LogP contribution is -2.49. The maximum Gasteiger partial charge on any atom is 0.223 e. The van der Waals surface area contributed by atoms with Crippen LogP contribution in [-0.2, 0) is 11.3 Å². The molecule has 28 heavy (non-hydrogen) atoms. The molecule has 6 nitrogen and oxygen atoms in total. The summed E-state index contributed by atoms with van der Waals surface area (Å²) >= 11 is 0. The Morgan fingerprint density at radius 1 is 1.14 bits per heavy atom. The van der Waals surface area contributed by atoms with Crippen molar-refractivity contribution >= 4 is 18.3 Å². The summed E-state index contributed by atoms with van der Waals surface area (Å²) in [4.78, 5) is 12.7. The van der Waals surface area contributed by atoms with Crippen molar-refractivity contribution in [3.63, 3.8) is 0 Å². The topological polar surface area (TPSA) is 82.8 Å².